The molecule has 1 aliphatic heterocycles. The van der Waals surface area contributed by atoms with E-state index in [0.717, 1.165) is 5.56 Å². The second-order valence-electron chi connectivity index (χ2n) is 5.53. The smallest absolute Gasteiger partial charge is 0.188 e. The summed E-state index contributed by atoms with van der Waals surface area (Å²) in [6.07, 6.45) is 3.68. The molecule has 1 saturated heterocycles. The van der Waals surface area contributed by atoms with Gasteiger partial charge < -0.3 is 9.47 Å². The first-order chi connectivity index (χ1) is 8.36. The lowest BCUT2D eigenvalue weighted by molar-refractivity contribution is -0.0896. The quantitative estimate of drug-likeness (QED) is 0.825. The van der Waals surface area contributed by atoms with E-state index in [4.69, 9.17) is 14.7 Å². The zero-order valence-corrected chi connectivity index (χ0v) is 11.3. The molecule has 0 atom stereocenters. The number of nitriles is 1. The molecular weight excluding hydrogens is 230 g/mol. The molecule has 0 saturated carbocycles. The van der Waals surface area contributed by atoms with Crippen LogP contribution in [0, 0.1) is 11.3 Å². The van der Waals surface area contributed by atoms with E-state index < -0.39 is 0 Å². The summed E-state index contributed by atoms with van der Waals surface area (Å²) < 4.78 is 13.6. The van der Waals surface area contributed by atoms with Gasteiger partial charge in [-0.05, 0) is 27.7 Å². The fourth-order valence-corrected chi connectivity index (χ4v) is 1.77. The van der Waals surface area contributed by atoms with Crippen molar-refractivity contribution in [3.8, 4) is 6.07 Å². The second-order valence-corrected chi connectivity index (χ2v) is 5.53. The summed E-state index contributed by atoms with van der Waals surface area (Å²) in [4.78, 5) is 0. The predicted octanol–water partition coefficient (Wildman–Crippen LogP) is 2.40. The maximum atomic E-state index is 8.54. The van der Waals surface area contributed by atoms with Gasteiger partial charge in [0, 0.05) is 11.8 Å². The maximum absolute atomic E-state index is 8.54. The van der Waals surface area contributed by atoms with Gasteiger partial charge in [0.1, 0.15) is 0 Å². The topological polar surface area (TPSA) is 60.1 Å². The normalized spacial score (nSPS) is 21.9. The van der Waals surface area contributed by atoms with Crippen molar-refractivity contribution in [2.24, 2.45) is 0 Å². The van der Waals surface area contributed by atoms with Crippen LogP contribution in [-0.2, 0) is 16.0 Å². The van der Waals surface area contributed by atoms with Gasteiger partial charge in [0.05, 0.1) is 36.4 Å². The van der Waals surface area contributed by atoms with Gasteiger partial charge in [0.15, 0.2) is 6.29 Å². The largest absolute Gasteiger partial charge is 0.339 e. The van der Waals surface area contributed by atoms with E-state index in [9.17, 15) is 0 Å². The van der Waals surface area contributed by atoms with Crippen molar-refractivity contribution in [3.63, 3.8) is 0 Å². The molecule has 0 aliphatic carbocycles. The third-order valence-corrected chi connectivity index (χ3v) is 3.63. The molecule has 5 heteroatoms. The van der Waals surface area contributed by atoms with Crippen molar-refractivity contribution in [2.75, 3.05) is 0 Å². The summed E-state index contributed by atoms with van der Waals surface area (Å²) in [5.74, 6) is 0. The molecule has 98 valence electrons. The molecule has 1 aliphatic rings. The lowest BCUT2D eigenvalue weighted by Gasteiger charge is -2.30. The maximum Gasteiger partial charge on any atom is 0.188 e. The number of hydrogen-bond donors (Lipinski definition) is 0. The van der Waals surface area contributed by atoms with Gasteiger partial charge in [-0.15, -0.1) is 0 Å². The van der Waals surface area contributed by atoms with Gasteiger partial charge in [0.25, 0.3) is 0 Å². The first-order valence-corrected chi connectivity index (χ1v) is 6.11. The van der Waals surface area contributed by atoms with Crippen LogP contribution < -0.4 is 0 Å². The van der Waals surface area contributed by atoms with Gasteiger partial charge in [-0.1, -0.05) is 0 Å². The molecule has 1 aromatic rings. The zero-order valence-electron chi connectivity index (χ0n) is 11.3. The Hall–Kier alpha value is -1.38. The third-order valence-electron chi connectivity index (χ3n) is 3.63. The Balaban J connectivity index is 2.10. The van der Waals surface area contributed by atoms with Gasteiger partial charge in [-0.3, -0.25) is 4.68 Å². The summed E-state index contributed by atoms with van der Waals surface area (Å²) in [7, 11) is 0. The van der Waals surface area contributed by atoms with Crippen LogP contribution in [0.1, 0.15) is 46.0 Å². The SMILES string of the molecule is CC1(C)OC(c2cnn(CCC#N)c2)OC1(C)C. The Kier molecular flexibility index (Phi) is 3.18. The Bertz CT molecular complexity index is 455. The molecule has 2 heterocycles. The molecule has 0 aromatic carbocycles. The van der Waals surface area contributed by atoms with E-state index in [2.05, 4.69) is 11.2 Å². The first kappa shape index (κ1) is 13.1. The van der Waals surface area contributed by atoms with Crippen molar-refractivity contribution < 1.29 is 9.47 Å². The molecule has 0 N–H and O–H groups in total. The average Bonchev–Trinajstić information content (AvgIpc) is 2.80. The average molecular weight is 249 g/mol. The van der Waals surface area contributed by atoms with Crippen LogP contribution in [0.2, 0.25) is 0 Å². The molecular formula is C13H19N3O2. The van der Waals surface area contributed by atoms with Crippen molar-refractivity contribution in [3.05, 3.63) is 18.0 Å². The van der Waals surface area contributed by atoms with E-state index in [-0.39, 0.29) is 17.5 Å². The molecule has 0 radical (unpaired) electrons. The number of hydrogen-bond acceptors (Lipinski definition) is 4. The van der Waals surface area contributed by atoms with E-state index >= 15 is 0 Å². The molecule has 0 bridgehead atoms. The molecule has 1 aromatic heterocycles. The highest BCUT2D eigenvalue weighted by atomic mass is 16.7. The minimum Gasteiger partial charge on any atom is -0.339 e. The fourth-order valence-electron chi connectivity index (χ4n) is 1.77. The molecule has 0 spiro atoms. The van der Waals surface area contributed by atoms with Crippen molar-refractivity contribution >= 4 is 0 Å². The Morgan fingerprint density at radius 1 is 1.33 bits per heavy atom. The van der Waals surface area contributed by atoms with E-state index in [1.54, 1.807) is 10.9 Å². The highest BCUT2D eigenvalue weighted by molar-refractivity contribution is 5.10. The monoisotopic (exact) mass is 249 g/mol. The molecule has 0 unspecified atom stereocenters. The zero-order chi connectivity index (χ0) is 13.4. The minimum atomic E-state index is -0.383. The predicted molar refractivity (Wildman–Crippen MR) is 65.5 cm³/mol. The molecule has 18 heavy (non-hydrogen) atoms. The van der Waals surface area contributed by atoms with E-state index in [1.807, 2.05) is 33.9 Å². The standard InChI is InChI=1S/C13H19N3O2/c1-12(2)13(3,4)18-11(17-12)10-8-15-16(9-10)7-5-6-14/h8-9,11H,5,7H2,1-4H3. The van der Waals surface area contributed by atoms with Crippen molar-refractivity contribution in [2.45, 2.75) is 58.2 Å². The molecule has 5 nitrogen and oxygen atoms in total. The van der Waals surface area contributed by atoms with Crippen LogP contribution >= 0.6 is 0 Å². The van der Waals surface area contributed by atoms with Crippen molar-refractivity contribution in [1.82, 2.24) is 9.78 Å². The second kappa shape index (κ2) is 4.38. The van der Waals surface area contributed by atoms with Crippen molar-refractivity contribution in [1.29, 1.82) is 5.26 Å². The van der Waals surface area contributed by atoms with Crippen LogP contribution in [0.25, 0.3) is 0 Å². The summed E-state index contributed by atoms with van der Waals surface area (Å²) in [6, 6.07) is 2.10. The minimum absolute atomic E-state index is 0.341. The Morgan fingerprint density at radius 2 is 1.94 bits per heavy atom. The lowest BCUT2D eigenvalue weighted by Crippen LogP contribution is -2.41. The summed E-state index contributed by atoms with van der Waals surface area (Å²) in [5, 5.41) is 12.7. The number of aromatic nitrogens is 2. The third kappa shape index (κ3) is 2.26. The van der Waals surface area contributed by atoms with Crippen LogP contribution in [0.5, 0.6) is 0 Å². The van der Waals surface area contributed by atoms with E-state index in [1.165, 1.54) is 0 Å². The van der Waals surface area contributed by atoms with Crippen LogP contribution in [0.15, 0.2) is 12.4 Å². The Labute approximate surface area is 107 Å². The summed E-state index contributed by atoms with van der Waals surface area (Å²) in [5.41, 5.74) is 0.213. The lowest BCUT2D eigenvalue weighted by atomic mass is 9.90. The summed E-state index contributed by atoms with van der Waals surface area (Å²) in [6.45, 7) is 8.68. The van der Waals surface area contributed by atoms with Crippen LogP contribution in [-0.4, -0.2) is 21.0 Å². The first-order valence-electron chi connectivity index (χ1n) is 6.11. The van der Waals surface area contributed by atoms with Crippen LogP contribution in [0.3, 0.4) is 0 Å². The highest BCUT2D eigenvalue weighted by Crippen LogP contribution is 2.44. The van der Waals surface area contributed by atoms with Crippen LogP contribution in [0.4, 0.5) is 0 Å². The molecule has 1 fully saturated rings. The number of rotatable bonds is 3. The molecule has 2 rings (SSSR count). The van der Waals surface area contributed by atoms with Gasteiger partial charge >= 0.3 is 0 Å². The fraction of sp³-hybridized carbons (Fsp3) is 0.692. The van der Waals surface area contributed by atoms with Gasteiger partial charge in [-0.25, -0.2) is 0 Å². The number of nitrogens with zero attached hydrogens (tertiary/aromatic N) is 3. The summed E-state index contributed by atoms with van der Waals surface area (Å²) >= 11 is 0. The number of aryl methyl sites for hydroxylation is 1. The van der Waals surface area contributed by atoms with Gasteiger partial charge in [-0.2, -0.15) is 10.4 Å². The van der Waals surface area contributed by atoms with Gasteiger partial charge in [0.2, 0.25) is 0 Å². The van der Waals surface area contributed by atoms with E-state index in [0.29, 0.717) is 13.0 Å². The Morgan fingerprint density at radius 3 is 2.50 bits per heavy atom. The molecule has 0 amide bonds. The highest BCUT2D eigenvalue weighted by Gasteiger charge is 2.49. The number of ether oxygens (including phenoxy) is 2.